The van der Waals surface area contributed by atoms with Crippen LogP contribution in [0.3, 0.4) is 0 Å². The van der Waals surface area contributed by atoms with Gasteiger partial charge in [-0.1, -0.05) is 0 Å². The first-order valence-electron chi connectivity index (χ1n) is 10.2. The minimum absolute atomic E-state index is 0.119. The highest BCUT2D eigenvalue weighted by Crippen LogP contribution is 2.44. The number of sulfone groups is 1. The zero-order chi connectivity index (χ0) is 22.3. The van der Waals surface area contributed by atoms with Gasteiger partial charge in [-0.3, -0.25) is 4.79 Å². The lowest BCUT2D eigenvalue weighted by Gasteiger charge is -2.31. The summed E-state index contributed by atoms with van der Waals surface area (Å²) in [6, 6.07) is 3.73. The first-order valence-corrected chi connectivity index (χ1v) is 11.8. The Morgan fingerprint density at radius 3 is 2.43 bits per heavy atom. The molecule has 0 radical (unpaired) electrons. The van der Waals surface area contributed by atoms with E-state index in [2.05, 4.69) is 0 Å². The Bertz CT molecular complexity index is 933. The average Bonchev–Trinajstić information content (AvgIpc) is 3.39. The fourth-order valence-electron chi connectivity index (χ4n) is 3.81. The lowest BCUT2D eigenvalue weighted by molar-refractivity contribution is -0.148. The second-order valence-electron chi connectivity index (χ2n) is 8.81. The number of carbonyl (C=O) groups is 2. The maximum Gasteiger partial charge on any atom is 0.410 e. The molecular weight excluding hydrogens is 408 g/mol. The van der Waals surface area contributed by atoms with E-state index in [0.717, 1.165) is 0 Å². The Morgan fingerprint density at radius 2 is 1.87 bits per heavy atom. The van der Waals surface area contributed by atoms with E-state index >= 15 is 0 Å². The molecule has 0 spiro atoms. The first-order chi connectivity index (χ1) is 14.0. The molecule has 2 fully saturated rings. The third-order valence-corrected chi connectivity index (χ3v) is 7.57. The molecule has 9 heteroatoms. The van der Waals surface area contributed by atoms with Gasteiger partial charge in [0.05, 0.1) is 28.7 Å². The molecule has 1 saturated heterocycles. The number of carbonyl (C=O) groups excluding carboxylic acids is 2. The summed E-state index contributed by atoms with van der Waals surface area (Å²) in [5.41, 5.74) is 5.96. The monoisotopic (exact) mass is 438 g/mol. The van der Waals surface area contributed by atoms with E-state index in [1.165, 1.54) is 17.0 Å². The zero-order valence-electron chi connectivity index (χ0n) is 17.9. The number of anilines is 1. The number of benzene rings is 1. The topological polar surface area (TPSA) is 116 Å². The van der Waals surface area contributed by atoms with Crippen LogP contribution in [0.25, 0.3) is 0 Å². The molecule has 1 aromatic carbocycles. The maximum absolute atomic E-state index is 13.1. The van der Waals surface area contributed by atoms with E-state index in [0.29, 0.717) is 30.5 Å². The zero-order valence-corrected chi connectivity index (χ0v) is 18.7. The summed E-state index contributed by atoms with van der Waals surface area (Å²) in [5, 5.41) is -0.433. The fourth-order valence-corrected chi connectivity index (χ4v) is 5.70. The molecule has 1 aromatic rings. The number of rotatable bonds is 5. The van der Waals surface area contributed by atoms with Gasteiger partial charge in [-0.2, -0.15) is 0 Å². The van der Waals surface area contributed by atoms with Crippen LogP contribution in [-0.2, 0) is 24.1 Å². The van der Waals surface area contributed by atoms with Crippen molar-refractivity contribution in [1.82, 2.24) is 4.90 Å². The molecule has 1 heterocycles. The van der Waals surface area contributed by atoms with Crippen LogP contribution < -0.4 is 5.73 Å². The molecule has 166 valence electrons. The van der Waals surface area contributed by atoms with Crippen LogP contribution in [0.2, 0.25) is 0 Å². The summed E-state index contributed by atoms with van der Waals surface area (Å²) in [6.45, 7) is 7.41. The summed E-state index contributed by atoms with van der Waals surface area (Å²) in [5.74, 6) is -1.17. The molecule has 0 bridgehead atoms. The van der Waals surface area contributed by atoms with Crippen molar-refractivity contribution in [3.63, 3.8) is 0 Å². The van der Waals surface area contributed by atoms with Crippen molar-refractivity contribution in [3.05, 3.63) is 23.8 Å². The quantitative estimate of drug-likeness (QED) is 0.555. The molecule has 0 aromatic heterocycles. The number of esters is 1. The molecule has 0 unspecified atom stereocenters. The second kappa shape index (κ2) is 8.09. The van der Waals surface area contributed by atoms with Gasteiger partial charge >= 0.3 is 12.1 Å². The van der Waals surface area contributed by atoms with Gasteiger partial charge in [0.1, 0.15) is 5.60 Å². The van der Waals surface area contributed by atoms with Crippen molar-refractivity contribution in [2.45, 2.75) is 68.7 Å². The number of hydrogen-bond donors (Lipinski definition) is 1. The summed E-state index contributed by atoms with van der Waals surface area (Å²) < 4.78 is 37.0. The van der Waals surface area contributed by atoms with Crippen LogP contribution in [-0.4, -0.2) is 49.4 Å². The van der Waals surface area contributed by atoms with E-state index in [9.17, 15) is 18.0 Å². The van der Waals surface area contributed by atoms with Crippen LogP contribution in [0.15, 0.2) is 23.1 Å². The number of likely N-dealkylation sites (tertiary alicyclic amines) is 1. The number of nitrogens with two attached hydrogens (primary N) is 1. The highest BCUT2D eigenvalue weighted by Gasteiger charge is 2.47. The van der Waals surface area contributed by atoms with Crippen LogP contribution in [0.5, 0.6) is 0 Å². The van der Waals surface area contributed by atoms with Crippen molar-refractivity contribution in [3.8, 4) is 0 Å². The number of hydrogen-bond acceptors (Lipinski definition) is 7. The standard InChI is InChI=1S/C21H30N2O6S/c1-5-28-19(24)15-10-11-23(20(25)29-21(2,3)4)18(15)16-12-13(22)6-9-17(16)30(26,27)14-7-8-14/h6,9,12,14-15,18H,5,7-8,10-11,22H2,1-4H3/t15-,18+/m1/s1. The van der Waals surface area contributed by atoms with Crippen LogP contribution in [0.1, 0.15) is 58.6 Å². The Kier molecular flexibility index (Phi) is 6.04. The summed E-state index contributed by atoms with van der Waals surface area (Å²) in [4.78, 5) is 27.2. The van der Waals surface area contributed by atoms with Crippen molar-refractivity contribution >= 4 is 27.6 Å². The van der Waals surface area contributed by atoms with Gasteiger partial charge in [-0.25, -0.2) is 13.2 Å². The summed E-state index contributed by atoms with van der Waals surface area (Å²) in [7, 11) is -3.58. The molecular formula is C21H30N2O6S. The minimum atomic E-state index is -3.58. The Balaban J connectivity index is 2.10. The fraction of sp³-hybridized carbons (Fsp3) is 0.619. The lowest BCUT2D eigenvalue weighted by Crippen LogP contribution is -2.39. The van der Waals surface area contributed by atoms with Crippen molar-refractivity contribution in [1.29, 1.82) is 0 Å². The Morgan fingerprint density at radius 1 is 1.20 bits per heavy atom. The highest BCUT2D eigenvalue weighted by molar-refractivity contribution is 7.92. The maximum atomic E-state index is 13.1. The van der Waals surface area contributed by atoms with E-state index in [1.807, 2.05) is 0 Å². The van der Waals surface area contributed by atoms with E-state index in [4.69, 9.17) is 15.2 Å². The van der Waals surface area contributed by atoms with Crippen LogP contribution >= 0.6 is 0 Å². The second-order valence-corrected chi connectivity index (χ2v) is 11.0. The Hall–Kier alpha value is -2.29. The van der Waals surface area contributed by atoms with E-state index in [1.54, 1.807) is 33.8 Å². The molecule has 1 saturated carbocycles. The van der Waals surface area contributed by atoms with Gasteiger partial charge in [-0.05, 0) is 70.7 Å². The number of amides is 1. The van der Waals surface area contributed by atoms with Crippen molar-refractivity contribution in [2.75, 3.05) is 18.9 Å². The average molecular weight is 439 g/mol. The summed E-state index contributed by atoms with van der Waals surface area (Å²) >= 11 is 0. The highest BCUT2D eigenvalue weighted by atomic mass is 32.2. The van der Waals surface area contributed by atoms with E-state index < -0.39 is 44.7 Å². The van der Waals surface area contributed by atoms with Crippen molar-refractivity contribution in [2.24, 2.45) is 5.92 Å². The molecule has 1 aliphatic carbocycles. The predicted molar refractivity (Wildman–Crippen MR) is 111 cm³/mol. The van der Waals surface area contributed by atoms with Crippen molar-refractivity contribution < 1.29 is 27.5 Å². The normalized spacial score (nSPS) is 22.1. The molecule has 1 aliphatic heterocycles. The number of ether oxygens (including phenoxy) is 2. The molecule has 8 nitrogen and oxygen atoms in total. The van der Waals surface area contributed by atoms with Gasteiger partial charge in [0.25, 0.3) is 0 Å². The molecule has 2 atom stereocenters. The molecule has 1 amide bonds. The van der Waals surface area contributed by atoms with Gasteiger partial charge in [0, 0.05) is 12.2 Å². The largest absolute Gasteiger partial charge is 0.466 e. The Labute approximate surface area is 177 Å². The molecule has 2 aliphatic rings. The molecule has 30 heavy (non-hydrogen) atoms. The van der Waals surface area contributed by atoms with Gasteiger partial charge in [-0.15, -0.1) is 0 Å². The number of nitrogens with zero attached hydrogens (tertiary/aromatic N) is 1. The molecule has 3 rings (SSSR count). The van der Waals surface area contributed by atoms with Crippen LogP contribution in [0, 0.1) is 5.92 Å². The third kappa shape index (κ3) is 4.55. The first kappa shape index (κ1) is 22.4. The van der Waals surface area contributed by atoms with Crippen LogP contribution in [0.4, 0.5) is 10.5 Å². The molecule has 2 N–H and O–H groups in total. The smallest absolute Gasteiger partial charge is 0.410 e. The SMILES string of the molecule is CCOC(=O)[C@@H]1CCN(C(=O)OC(C)(C)C)[C@@H]1c1cc(N)ccc1S(=O)(=O)C1CC1. The lowest BCUT2D eigenvalue weighted by atomic mass is 9.93. The number of nitrogen functional groups attached to an aromatic ring is 1. The summed E-state index contributed by atoms with van der Waals surface area (Å²) in [6.07, 6.45) is 0.957. The van der Waals surface area contributed by atoms with E-state index in [-0.39, 0.29) is 18.0 Å². The minimum Gasteiger partial charge on any atom is -0.466 e. The third-order valence-electron chi connectivity index (χ3n) is 5.24. The van der Waals surface area contributed by atoms with Gasteiger partial charge in [0.15, 0.2) is 9.84 Å². The predicted octanol–water partition coefficient (Wildman–Crippen LogP) is 3.07. The van der Waals surface area contributed by atoms with Gasteiger partial charge in [0.2, 0.25) is 0 Å². The van der Waals surface area contributed by atoms with Gasteiger partial charge < -0.3 is 20.1 Å².